The molecule has 4 heteroatoms. The lowest BCUT2D eigenvalue weighted by molar-refractivity contribution is 1.01. The van der Waals surface area contributed by atoms with E-state index in [1.165, 1.54) is 0 Å². The smallest absolute Gasteiger partial charge is 0.0859 e. The molecule has 0 aliphatic carbocycles. The first kappa shape index (κ1) is 21.9. The number of aliphatic imine (C=N–C) groups is 1. The average Bonchev–Trinajstić information content (AvgIpc) is 2.86. The SMILES string of the molecule is CN=CN/C=C/C(c1ccc(N)c(-c2ccccc2)c1)c1ccc(N)c(-c2ccccc2)c1. The van der Waals surface area contributed by atoms with Crippen molar-refractivity contribution in [2.45, 2.75) is 5.92 Å². The predicted molar refractivity (Wildman–Crippen MR) is 141 cm³/mol. The number of benzene rings is 4. The molecule has 0 spiro atoms. The lowest BCUT2D eigenvalue weighted by Crippen LogP contribution is -2.05. The van der Waals surface area contributed by atoms with Crippen molar-refractivity contribution >= 4 is 17.7 Å². The molecule has 4 nitrogen and oxygen atoms in total. The summed E-state index contributed by atoms with van der Waals surface area (Å²) in [6.07, 6.45) is 5.70. The van der Waals surface area contributed by atoms with Crippen molar-refractivity contribution < 1.29 is 0 Å². The monoisotopic (exact) mass is 432 g/mol. The van der Waals surface area contributed by atoms with Gasteiger partial charge in [-0.25, -0.2) is 0 Å². The second-order valence-corrected chi connectivity index (χ2v) is 7.82. The molecule has 4 aromatic carbocycles. The van der Waals surface area contributed by atoms with Crippen LogP contribution in [0.1, 0.15) is 17.0 Å². The topological polar surface area (TPSA) is 76.4 Å². The highest BCUT2D eigenvalue weighted by Gasteiger charge is 2.16. The van der Waals surface area contributed by atoms with Gasteiger partial charge >= 0.3 is 0 Å². The molecular formula is C29H28N4. The maximum atomic E-state index is 6.36. The summed E-state index contributed by atoms with van der Waals surface area (Å²) in [4.78, 5) is 3.99. The number of nitrogens with zero attached hydrogens (tertiary/aromatic N) is 1. The third-order valence-electron chi connectivity index (χ3n) is 5.63. The normalized spacial score (nSPS) is 11.5. The van der Waals surface area contributed by atoms with Crippen molar-refractivity contribution in [1.82, 2.24) is 5.32 Å². The van der Waals surface area contributed by atoms with Crippen LogP contribution in [0.15, 0.2) is 114 Å². The van der Waals surface area contributed by atoms with Crippen molar-refractivity contribution in [2.24, 2.45) is 4.99 Å². The maximum Gasteiger partial charge on any atom is 0.0859 e. The van der Waals surface area contributed by atoms with E-state index < -0.39 is 0 Å². The number of nitrogens with one attached hydrogen (secondary N) is 1. The van der Waals surface area contributed by atoms with E-state index in [0.717, 1.165) is 44.8 Å². The molecule has 0 aliphatic rings. The van der Waals surface area contributed by atoms with E-state index in [2.05, 4.69) is 64.9 Å². The molecule has 0 bridgehead atoms. The molecular weight excluding hydrogens is 404 g/mol. The van der Waals surface area contributed by atoms with Gasteiger partial charge in [-0.1, -0.05) is 78.9 Å². The number of allylic oxidation sites excluding steroid dienone is 1. The fourth-order valence-electron chi connectivity index (χ4n) is 3.95. The summed E-state index contributed by atoms with van der Waals surface area (Å²) < 4.78 is 0. The molecule has 0 saturated carbocycles. The molecule has 164 valence electrons. The minimum absolute atomic E-state index is 0.00567. The van der Waals surface area contributed by atoms with Gasteiger partial charge in [-0.05, 0) is 52.7 Å². The zero-order valence-corrected chi connectivity index (χ0v) is 18.6. The number of anilines is 2. The molecule has 0 amide bonds. The zero-order valence-electron chi connectivity index (χ0n) is 18.6. The van der Waals surface area contributed by atoms with Crippen LogP contribution < -0.4 is 16.8 Å². The van der Waals surface area contributed by atoms with Crippen LogP contribution in [-0.4, -0.2) is 13.4 Å². The van der Waals surface area contributed by atoms with Crippen molar-refractivity contribution in [1.29, 1.82) is 0 Å². The Balaban J connectivity index is 1.81. The van der Waals surface area contributed by atoms with E-state index >= 15 is 0 Å². The van der Waals surface area contributed by atoms with Crippen LogP contribution in [0.5, 0.6) is 0 Å². The highest BCUT2D eigenvalue weighted by Crippen LogP contribution is 2.36. The zero-order chi connectivity index (χ0) is 23.0. The van der Waals surface area contributed by atoms with E-state index in [9.17, 15) is 0 Å². The molecule has 0 aliphatic heterocycles. The van der Waals surface area contributed by atoms with Gasteiger partial charge in [0.05, 0.1) is 6.34 Å². The van der Waals surface area contributed by atoms with E-state index in [1.807, 2.05) is 54.7 Å². The first-order valence-corrected chi connectivity index (χ1v) is 10.9. The quantitative estimate of drug-likeness (QED) is 0.188. The Morgan fingerprint density at radius 1 is 0.697 bits per heavy atom. The first-order chi connectivity index (χ1) is 16.2. The standard InChI is InChI=1S/C29H28N4/c1-32-20-33-17-16-25(23-12-14-28(30)26(18-23)21-8-4-2-5-9-21)24-13-15-29(31)27(19-24)22-10-6-3-7-11-22/h2-20,25H,30-31H2,1H3,(H,32,33)/b17-16+. The molecule has 4 aromatic rings. The van der Waals surface area contributed by atoms with Gasteiger partial charge in [0.2, 0.25) is 0 Å². The van der Waals surface area contributed by atoms with Gasteiger partial charge < -0.3 is 16.8 Å². The third-order valence-corrected chi connectivity index (χ3v) is 5.63. The van der Waals surface area contributed by atoms with Crippen molar-refractivity contribution in [3.63, 3.8) is 0 Å². The summed E-state index contributed by atoms with van der Waals surface area (Å²) in [6, 6.07) is 32.9. The fourth-order valence-corrected chi connectivity index (χ4v) is 3.95. The molecule has 0 fully saturated rings. The first-order valence-electron chi connectivity index (χ1n) is 10.9. The predicted octanol–water partition coefficient (Wildman–Crippen LogP) is 6.08. The second kappa shape index (κ2) is 10.3. The maximum absolute atomic E-state index is 6.36. The van der Waals surface area contributed by atoms with Gasteiger partial charge in [-0.3, -0.25) is 4.99 Å². The molecule has 33 heavy (non-hydrogen) atoms. The number of nitrogen functional groups attached to an aromatic ring is 2. The van der Waals surface area contributed by atoms with Gasteiger partial charge in [0.25, 0.3) is 0 Å². The summed E-state index contributed by atoms with van der Waals surface area (Å²) in [5, 5.41) is 3.10. The van der Waals surface area contributed by atoms with Crippen LogP contribution in [0.25, 0.3) is 22.3 Å². The van der Waals surface area contributed by atoms with Crippen molar-refractivity contribution in [2.75, 3.05) is 18.5 Å². The molecule has 0 radical (unpaired) electrons. The van der Waals surface area contributed by atoms with Gasteiger partial charge in [0, 0.05) is 35.5 Å². The number of hydrogen-bond donors (Lipinski definition) is 3. The van der Waals surface area contributed by atoms with Crippen molar-refractivity contribution in [3.05, 3.63) is 120 Å². The Morgan fingerprint density at radius 3 is 1.64 bits per heavy atom. The van der Waals surface area contributed by atoms with E-state index in [0.29, 0.717) is 0 Å². The van der Waals surface area contributed by atoms with Crippen LogP contribution in [-0.2, 0) is 0 Å². The Labute approximate surface area is 195 Å². The minimum Gasteiger partial charge on any atom is -0.398 e. The highest BCUT2D eigenvalue weighted by atomic mass is 14.9. The molecule has 0 unspecified atom stereocenters. The van der Waals surface area contributed by atoms with Crippen LogP contribution >= 0.6 is 0 Å². The van der Waals surface area contributed by atoms with Crippen LogP contribution in [0, 0.1) is 0 Å². The number of rotatable bonds is 7. The van der Waals surface area contributed by atoms with Crippen LogP contribution in [0.2, 0.25) is 0 Å². The largest absolute Gasteiger partial charge is 0.398 e. The summed E-state index contributed by atoms with van der Waals surface area (Å²) in [7, 11) is 1.73. The Bertz CT molecular complexity index is 1170. The summed E-state index contributed by atoms with van der Waals surface area (Å²) in [6.45, 7) is 0. The highest BCUT2D eigenvalue weighted by molar-refractivity contribution is 5.79. The third kappa shape index (κ3) is 5.13. The van der Waals surface area contributed by atoms with E-state index in [1.54, 1.807) is 13.4 Å². The summed E-state index contributed by atoms with van der Waals surface area (Å²) >= 11 is 0. The molecule has 0 heterocycles. The molecule has 0 saturated heterocycles. The average molecular weight is 433 g/mol. The van der Waals surface area contributed by atoms with Gasteiger partial charge in [0.1, 0.15) is 0 Å². The van der Waals surface area contributed by atoms with E-state index in [4.69, 9.17) is 11.5 Å². The van der Waals surface area contributed by atoms with E-state index in [-0.39, 0.29) is 5.92 Å². The summed E-state index contributed by atoms with van der Waals surface area (Å²) in [5.41, 5.74) is 20.7. The minimum atomic E-state index is -0.00567. The van der Waals surface area contributed by atoms with Gasteiger partial charge in [0.15, 0.2) is 0 Å². The van der Waals surface area contributed by atoms with Crippen molar-refractivity contribution in [3.8, 4) is 22.3 Å². The Morgan fingerprint density at radius 2 is 1.18 bits per heavy atom. The van der Waals surface area contributed by atoms with Gasteiger partial charge in [-0.15, -0.1) is 0 Å². The van der Waals surface area contributed by atoms with Crippen LogP contribution in [0.3, 0.4) is 0 Å². The summed E-state index contributed by atoms with van der Waals surface area (Å²) in [5.74, 6) is -0.00567. The number of hydrogen-bond acceptors (Lipinski definition) is 3. The lowest BCUT2D eigenvalue weighted by Gasteiger charge is -2.18. The number of nitrogens with two attached hydrogens (primary N) is 2. The lowest BCUT2D eigenvalue weighted by atomic mass is 9.87. The van der Waals surface area contributed by atoms with Crippen LogP contribution in [0.4, 0.5) is 11.4 Å². The van der Waals surface area contributed by atoms with Gasteiger partial charge in [-0.2, -0.15) is 0 Å². The molecule has 4 rings (SSSR count). The fraction of sp³-hybridized carbons (Fsp3) is 0.0690. The Hall–Kier alpha value is -4.31. The molecule has 0 atom stereocenters. The molecule has 0 aromatic heterocycles. The molecule has 5 N–H and O–H groups in total. The Kier molecular flexibility index (Phi) is 6.86. The second-order valence-electron chi connectivity index (χ2n) is 7.82.